The lowest BCUT2D eigenvalue weighted by Gasteiger charge is -2.18. The van der Waals surface area contributed by atoms with Gasteiger partial charge in [-0.1, -0.05) is 12.1 Å². The van der Waals surface area contributed by atoms with Crippen LogP contribution in [0, 0.1) is 0 Å². The summed E-state index contributed by atoms with van der Waals surface area (Å²) in [4.78, 5) is 0.839. The van der Waals surface area contributed by atoms with Crippen LogP contribution >= 0.6 is 0 Å². The molecule has 0 fully saturated rings. The lowest BCUT2D eigenvalue weighted by atomic mass is 10.1. The van der Waals surface area contributed by atoms with Crippen LogP contribution in [0.25, 0.3) is 0 Å². The van der Waals surface area contributed by atoms with Gasteiger partial charge in [-0.2, -0.15) is 0 Å². The number of aliphatic hydroxyl groups is 1. The third-order valence-electron chi connectivity index (χ3n) is 2.52. The molecular weight excluding hydrogens is 222 g/mol. The van der Waals surface area contributed by atoms with Gasteiger partial charge in [-0.15, -0.1) is 0 Å². The number of benzene rings is 1. The normalized spacial score (nSPS) is 16.8. The first kappa shape index (κ1) is 13.4. The highest BCUT2D eigenvalue weighted by molar-refractivity contribution is 7.84. The van der Waals surface area contributed by atoms with Crippen molar-refractivity contribution in [2.45, 2.75) is 30.8 Å². The summed E-state index contributed by atoms with van der Waals surface area (Å²) in [6.45, 7) is 4.11. The molecule has 0 aromatic heterocycles. The average molecular weight is 241 g/mol. The fraction of sp³-hybridized carbons (Fsp3) is 0.500. The Hall–Kier alpha value is -0.710. The monoisotopic (exact) mass is 241 g/mol. The molecule has 0 aliphatic rings. The van der Waals surface area contributed by atoms with E-state index in [4.69, 9.17) is 5.11 Å². The summed E-state index contributed by atoms with van der Waals surface area (Å²) in [5, 5.41) is 12.2. The van der Waals surface area contributed by atoms with Gasteiger partial charge in [0, 0.05) is 34.0 Å². The molecule has 0 heterocycles. The maximum Gasteiger partial charge on any atom is 0.0582 e. The van der Waals surface area contributed by atoms with Gasteiger partial charge in [-0.05, 0) is 31.5 Å². The molecule has 1 aromatic rings. The molecule has 1 rings (SSSR count). The van der Waals surface area contributed by atoms with Crippen LogP contribution in [0.15, 0.2) is 29.2 Å². The molecule has 2 unspecified atom stereocenters. The van der Waals surface area contributed by atoms with Gasteiger partial charge >= 0.3 is 0 Å². The first-order chi connectivity index (χ1) is 7.54. The number of hydrogen-bond acceptors (Lipinski definition) is 3. The fourth-order valence-corrected chi connectivity index (χ4v) is 2.04. The van der Waals surface area contributed by atoms with Crippen molar-refractivity contribution in [1.82, 2.24) is 5.32 Å². The molecule has 0 saturated heterocycles. The van der Waals surface area contributed by atoms with Crippen LogP contribution in [0.2, 0.25) is 0 Å². The van der Waals surface area contributed by atoms with E-state index in [1.54, 1.807) is 6.26 Å². The highest BCUT2D eigenvalue weighted by Gasteiger charge is 2.08. The summed E-state index contributed by atoms with van der Waals surface area (Å²) in [5.74, 6) is 0. The maximum atomic E-state index is 11.2. The van der Waals surface area contributed by atoms with E-state index in [1.165, 1.54) is 0 Å². The zero-order chi connectivity index (χ0) is 12.1. The first-order valence-corrected chi connectivity index (χ1v) is 6.90. The van der Waals surface area contributed by atoms with E-state index >= 15 is 0 Å². The molecule has 0 bridgehead atoms. The van der Waals surface area contributed by atoms with Crippen molar-refractivity contribution in [3.63, 3.8) is 0 Å². The molecule has 0 radical (unpaired) electrons. The van der Waals surface area contributed by atoms with Crippen LogP contribution in [0.3, 0.4) is 0 Å². The van der Waals surface area contributed by atoms with Crippen molar-refractivity contribution in [3.05, 3.63) is 29.8 Å². The molecule has 0 aliphatic carbocycles. The van der Waals surface area contributed by atoms with Crippen LogP contribution in [0.5, 0.6) is 0 Å². The Morgan fingerprint density at radius 1 is 1.31 bits per heavy atom. The van der Waals surface area contributed by atoms with Crippen LogP contribution < -0.4 is 5.32 Å². The van der Waals surface area contributed by atoms with Crippen molar-refractivity contribution in [1.29, 1.82) is 0 Å². The fourth-order valence-electron chi connectivity index (χ4n) is 1.52. The maximum absolute atomic E-state index is 11.2. The van der Waals surface area contributed by atoms with Gasteiger partial charge in [0.15, 0.2) is 0 Å². The Labute approximate surface area is 99.3 Å². The highest BCUT2D eigenvalue weighted by Crippen LogP contribution is 2.15. The summed E-state index contributed by atoms with van der Waals surface area (Å²) in [7, 11) is -0.923. The van der Waals surface area contributed by atoms with E-state index in [-0.39, 0.29) is 18.7 Å². The molecule has 0 amide bonds. The predicted molar refractivity (Wildman–Crippen MR) is 66.9 cm³/mol. The van der Waals surface area contributed by atoms with Gasteiger partial charge in [0.2, 0.25) is 0 Å². The minimum atomic E-state index is -0.923. The van der Waals surface area contributed by atoms with Crippen molar-refractivity contribution >= 4 is 10.8 Å². The zero-order valence-corrected chi connectivity index (χ0v) is 10.8. The topological polar surface area (TPSA) is 49.3 Å². The van der Waals surface area contributed by atoms with E-state index in [2.05, 4.69) is 5.32 Å². The average Bonchev–Trinajstić information content (AvgIpc) is 2.28. The molecule has 90 valence electrons. The van der Waals surface area contributed by atoms with Crippen molar-refractivity contribution in [2.24, 2.45) is 0 Å². The van der Waals surface area contributed by atoms with Gasteiger partial charge in [-0.25, -0.2) is 0 Å². The summed E-state index contributed by atoms with van der Waals surface area (Å²) in [5.41, 5.74) is 1.13. The van der Waals surface area contributed by atoms with E-state index in [9.17, 15) is 4.21 Å². The summed E-state index contributed by atoms with van der Waals surface area (Å²) in [6, 6.07) is 7.97. The second-order valence-corrected chi connectivity index (χ2v) is 5.37. The second kappa shape index (κ2) is 6.13. The van der Waals surface area contributed by atoms with Crippen LogP contribution in [0.1, 0.15) is 25.5 Å². The van der Waals surface area contributed by atoms with Crippen LogP contribution in [-0.2, 0) is 10.8 Å². The number of nitrogens with one attached hydrogen (secondary N) is 1. The van der Waals surface area contributed by atoms with Gasteiger partial charge in [0.25, 0.3) is 0 Å². The minimum Gasteiger partial charge on any atom is -0.395 e. The van der Waals surface area contributed by atoms with E-state index in [1.807, 2.05) is 38.1 Å². The third kappa shape index (κ3) is 3.70. The molecule has 0 aliphatic heterocycles. The quantitative estimate of drug-likeness (QED) is 0.820. The summed E-state index contributed by atoms with van der Waals surface area (Å²) < 4.78 is 11.2. The Balaban J connectivity index is 2.70. The highest BCUT2D eigenvalue weighted by atomic mass is 32.2. The van der Waals surface area contributed by atoms with E-state index in [0.29, 0.717) is 0 Å². The number of rotatable bonds is 5. The van der Waals surface area contributed by atoms with Gasteiger partial charge in [0.1, 0.15) is 0 Å². The lowest BCUT2D eigenvalue weighted by Crippen LogP contribution is -2.31. The third-order valence-corrected chi connectivity index (χ3v) is 3.46. The Bertz CT molecular complexity index is 351. The molecule has 4 heteroatoms. The predicted octanol–water partition coefficient (Wildman–Crippen LogP) is 1.46. The largest absolute Gasteiger partial charge is 0.395 e. The summed E-state index contributed by atoms with van der Waals surface area (Å²) in [6.07, 6.45) is 1.67. The SMILES string of the molecule is CC(N[C@@H](C)CO)c1ccc(S(C)=O)cc1. The lowest BCUT2D eigenvalue weighted by molar-refractivity contribution is 0.243. The van der Waals surface area contributed by atoms with Crippen molar-refractivity contribution in [3.8, 4) is 0 Å². The standard InChI is InChI=1S/C12H19NO2S/c1-9(8-14)13-10(2)11-4-6-12(7-5-11)16(3)15/h4-7,9-10,13-14H,8H2,1-3H3/t9-,10?,16?/m0/s1. The summed E-state index contributed by atoms with van der Waals surface area (Å²) >= 11 is 0. The number of hydrogen-bond donors (Lipinski definition) is 2. The Morgan fingerprint density at radius 3 is 2.31 bits per heavy atom. The van der Waals surface area contributed by atoms with Gasteiger partial charge in [-0.3, -0.25) is 4.21 Å². The molecule has 1 aromatic carbocycles. The van der Waals surface area contributed by atoms with Crippen LogP contribution in [-0.4, -0.2) is 28.2 Å². The van der Waals surface area contributed by atoms with Crippen molar-refractivity contribution < 1.29 is 9.32 Å². The first-order valence-electron chi connectivity index (χ1n) is 5.35. The van der Waals surface area contributed by atoms with E-state index in [0.717, 1.165) is 10.5 Å². The van der Waals surface area contributed by atoms with Gasteiger partial charge in [0.05, 0.1) is 6.61 Å². The molecule has 0 saturated carbocycles. The van der Waals surface area contributed by atoms with Crippen molar-refractivity contribution in [2.75, 3.05) is 12.9 Å². The molecule has 3 nitrogen and oxygen atoms in total. The smallest absolute Gasteiger partial charge is 0.0582 e. The second-order valence-electron chi connectivity index (χ2n) is 4.00. The van der Waals surface area contributed by atoms with Gasteiger partial charge < -0.3 is 10.4 Å². The van der Waals surface area contributed by atoms with E-state index < -0.39 is 10.8 Å². The molecule has 0 spiro atoms. The molecule has 16 heavy (non-hydrogen) atoms. The Morgan fingerprint density at radius 2 is 1.88 bits per heavy atom. The Kier molecular flexibility index (Phi) is 5.12. The molecule has 2 N–H and O–H groups in total. The zero-order valence-electron chi connectivity index (χ0n) is 9.93. The molecule has 3 atom stereocenters. The minimum absolute atomic E-state index is 0.0787. The molecular formula is C12H19NO2S. The van der Waals surface area contributed by atoms with Crippen LogP contribution in [0.4, 0.5) is 0 Å². The number of aliphatic hydroxyl groups excluding tert-OH is 1.